The molecule has 11 heavy (non-hydrogen) atoms. The molecule has 1 rings (SSSR count). The van der Waals surface area contributed by atoms with Crippen LogP contribution in [0.5, 0.6) is 0 Å². The molecule has 1 heterocycles. The summed E-state index contributed by atoms with van der Waals surface area (Å²) in [5, 5.41) is 9.55. The third kappa shape index (κ3) is 1.56. The molecule has 0 saturated heterocycles. The van der Waals surface area contributed by atoms with Crippen molar-refractivity contribution < 1.29 is 19.5 Å². The van der Waals surface area contributed by atoms with Gasteiger partial charge < -0.3 is 9.94 Å². The fourth-order valence-corrected chi connectivity index (χ4v) is 0.688. The zero-order valence-electron chi connectivity index (χ0n) is 5.85. The molecule has 5 heteroatoms. The molecule has 0 aromatic carbocycles. The number of amides is 1. The van der Waals surface area contributed by atoms with Crippen LogP contribution < -0.4 is 0 Å². The number of hydrogen-bond donors (Lipinski definition) is 1. The molecule has 60 valence electrons. The second kappa shape index (κ2) is 2.71. The van der Waals surface area contributed by atoms with E-state index in [1.165, 1.54) is 6.08 Å². The molecule has 0 aromatic heterocycles. The molecular weight excluding hydrogens is 150 g/mol. The monoisotopic (exact) mass is 157 g/mol. The van der Waals surface area contributed by atoms with Gasteiger partial charge in [-0.05, 0) is 6.08 Å². The van der Waals surface area contributed by atoms with Crippen molar-refractivity contribution in [3.63, 3.8) is 0 Å². The van der Waals surface area contributed by atoms with E-state index >= 15 is 0 Å². The molecule has 1 N–H and O–H groups in total. The van der Waals surface area contributed by atoms with Crippen LogP contribution in [0.25, 0.3) is 0 Å². The van der Waals surface area contributed by atoms with Crippen LogP contribution in [0.15, 0.2) is 12.2 Å². The summed E-state index contributed by atoms with van der Waals surface area (Å²) in [6, 6.07) is 0. The van der Waals surface area contributed by atoms with E-state index in [0.717, 1.165) is 13.0 Å². The predicted octanol–water partition coefficient (Wildman–Crippen LogP) is -0.819. The predicted molar refractivity (Wildman–Crippen MR) is 33.8 cm³/mol. The number of aliphatic hydroxyl groups excluding tert-OH is 1. The van der Waals surface area contributed by atoms with Crippen LogP contribution in [0, 0.1) is 0 Å². The minimum absolute atomic E-state index is 0.535. The van der Waals surface area contributed by atoms with Gasteiger partial charge in [-0.15, -0.1) is 5.06 Å². The first-order chi connectivity index (χ1) is 5.11. The number of hydroxylamine groups is 2. The highest BCUT2D eigenvalue weighted by Crippen LogP contribution is 2.08. The largest absolute Gasteiger partial charge is 0.367 e. The van der Waals surface area contributed by atoms with Gasteiger partial charge >= 0.3 is 5.97 Å². The Kier molecular flexibility index (Phi) is 1.91. The summed E-state index contributed by atoms with van der Waals surface area (Å²) in [6.45, 7) is 1.15. The third-order valence-electron chi connectivity index (χ3n) is 1.10. The molecule has 1 amide bonds. The van der Waals surface area contributed by atoms with Gasteiger partial charge in [0.25, 0.3) is 5.91 Å². The highest BCUT2D eigenvalue weighted by molar-refractivity contribution is 5.90. The van der Waals surface area contributed by atoms with Gasteiger partial charge in [0.05, 0.1) is 0 Å². The lowest BCUT2D eigenvalue weighted by Gasteiger charge is -2.16. The number of hydrogen-bond acceptors (Lipinski definition) is 4. The summed E-state index contributed by atoms with van der Waals surface area (Å²) in [4.78, 5) is 25.4. The van der Waals surface area contributed by atoms with Gasteiger partial charge in [0, 0.05) is 13.0 Å². The average Bonchev–Trinajstić information content (AvgIpc) is 2.18. The summed E-state index contributed by atoms with van der Waals surface area (Å²) in [7, 11) is 0. The van der Waals surface area contributed by atoms with E-state index in [4.69, 9.17) is 5.11 Å². The molecule has 5 nitrogen and oxygen atoms in total. The molecule has 1 aliphatic heterocycles. The second-order valence-electron chi connectivity index (χ2n) is 2.02. The van der Waals surface area contributed by atoms with E-state index in [-0.39, 0.29) is 0 Å². The summed E-state index contributed by atoms with van der Waals surface area (Å²) >= 11 is 0. The van der Waals surface area contributed by atoms with E-state index in [9.17, 15) is 9.59 Å². The first-order valence-electron chi connectivity index (χ1n) is 2.99. The Morgan fingerprint density at radius 2 is 2.45 bits per heavy atom. The lowest BCUT2D eigenvalue weighted by Crippen LogP contribution is -2.35. The molecule has 1 unspecified atom stereocenters. The topological polar surface area (TPSA) is 66.8 Å². The number of carbonyl (C=O) groups excluding carboxylic acids is 2. The molecule has 1 aliphatic rings. The van der Waals surface area contributed by atoms with Crippen molar-refractivity contribution in [1.29, 1.82) is 0 Å². The average molecular weight is 157 g/mol. The highest BCUT2D eigenvalue weighted by Gasteiger charge is 2.26. The van der Waals surface area contributed by atoms with Crippen LogP contribution in [0.2, 0.25) is 0 Å². The van der Waals surface area contributed by atoms with Crippen molar-refractivity contribution in [3.8, 4) is 0 Å². The quantitative estimate of drug-likeness (QED) is 0.540. The maximum absolute atomic E-state index is 10.7. The van der Waals surface area contributed by atoms with Gasteiger partial charge in [0.1, 0.15) is 0 Å². The molecule has 0 bridgehead atoms. The Labute approximate surface area is 62.8 Å². The molecular formula is C6H7NO4. The molecule has 0 spiro atoms. The Morgan fingerprint density at radius 3 is 2.82 bits per heavy atom. The minimum Gasteiger partial charge on any atom is -0.367 e. The lowest BCUT2D eigenvalue weighted by atomic mass is 10.5. The van der Waals surface area contributed by atoms with Gasteiger partial charge in [-0.1, -0.05) is 0 Å². The van der Waals surface area contributed by atoms with E-state index < -0.39 is 18.1 Å². The molecule has 0 fully saturated rings. The van der Waals surface area contributed by atoms with E-state index in [1.807, 2.05) is 0 Å². The molecule has 0 aromatic rings. The van der Waals surface area contributed by atoms with Crippen molar-refractivity contribution in [2.45, 2.75) is 13.2 Å². The number of nitrogens with zero attached hydrogens (tertiary/aromatic N) is 1. The second-order valence-corrected chi connectivity index (χ2v) is 2.02. The first-order valence-corrected chi connectivity index (χ1v) is 2.99. The van der Waals surface area contributed by atoms with Gasteiger partial charge in [-0.2, -0.15) is 0 Å². The van der Waals surface area contributed by atoms with Crippen LogP contribution in [0.4, 0.5) is 0 Å². The third-order valence-corrected chi connectivity index (χ3v) is 1.10. The van der Waals surface area contributed by atoms with Gasteiger partial charge in [0.2, 0.25) is 0 Å². The Balaban J connectivity index is 2.59. The van der Waals surface area contributed by atoms with Gasteiger partial charge in [0.15, 0.2) is 6.23 Å². The Morgan fingerprint density at radius 1 is 1.82 bits per heavy atom. The normalized spacial score (nSPS) is 22.5. The van der Waals surface area contributed by atoms with Crippen molar-refractivity contribution in [2.24, 2.45) is 0 Å². The van der Waals surface area contributed by atoms with E-state index in [0.29, 0.717) is 5.06 Å². The van der Waals surface area contributed by atoms with Crippen LogP contribution >= 0.6 is 0 Å². The SMILES string of the molecule is CC(=O)ON1C(=O)C=CC1O. The van der Waals surface area contributed by atoms with Crippen LogP contribution in [-0.2, 0) is 14.4 Å². The fraction of sp³-hybridized carbons (Fsp3) is 0.333. The van der Waals surface area contributed by atoms with Gasteiger partial charge in [-0.3, -0.25) is 9.59 Å². The molecule has 0 saturated carbocycles. The zero-order chi connectivity index (χ0) is 8.43. The van der Waals surface area contributed by atoms with E-state index in [1.54, 1.807) is 0 Å². The molecule has 0 aliphatic carbocycles. The van der Waals surface area contributed by atoms with Crippen molar-refractivity contribution in [1.82, 2.24) is 5.06 Å². The fourth-order valence-electron chi connectivity index (χ4n) is 0.688. The maximum Gasteiger partial charge on any atom is 0.329 e. The van der Waals surface area contributed by atoms with Crippen LogP contribution in [0.1, 0.15) is 6.92 Å². The number of rotatable bonds is 1. The minimum atomic E-state index is -1.15. The van der Waals surface area contributed by atoms with Crippen molar-refractivity contribution >= 4 is 11.9 Å². The number of carbonyl (C=O) groups is 2. The Bertz CT molecular complexity index is 223. The smallest absolute Gasteiger partial charge is 0.329 e. The zero-order valence-corrected chi connectivity index (χ0v) is 5.85. The van der Waals surface area contributed by atoms with Crippen molar-refractivity contribution in [2.75, 3.05) is 0 Å². The summed E-state index contributed by atoms with van der Waals surface area (Å²) < 4.78 is 0. The molecule has 1 atom stereocenters. The van der Waals surface area contributed by atoms with Gasteiger partial charge in [-0.25, -0.2) is 0 Å². The molecule has 0 radical (unpaired) electrons. The maximum atomic E-state index is 10.7. The van der Waals surface area contributed by atoms with E-state index in [2.05, 4.69) is 4.84 Å². The highest BCUT2D eigenvalue weighted by atomic mass is 16.7. The lowest BCUT2D eigenvalue weighted by molar-refractivity contribution is -0.214. The summed E-state index contributed by atoms with van der Waals surface area (Å²) in [5.41, 5.74) is 0. The summed E-state index contributed by atoms with van der Waals surface area (Å²) in [5.74, 6) is -1.17. The first kappa shape index (κ1) is 7.74. The van der Waals surface area contributed by atoms with Crippen molar-refractivity contribution in [3.05, 3.63) is 12.2 Å². The summed E-state index contributed by atoms with van der Waals surface area (Å²) in [6.07, 6.45) is 1.21. The standard InChI is InChI=1S/C6H7NO4/c1-4(8)11-7-5(9)2-3-6(7)10/h2-3,5,9H,1H3. The van der Waals surface area contributed by atoms with Crippen LogP contribution in [0.3, 0.4) is 0 Å². The Hall–Kier alpha value is -1.36. The van der Waals surface area contributed by atoms with Crippen LogP contribution in [-0.4, -0.2) is 28.3 Å². The number of aliphatic hydroxyl groups is 1.